The van der Waals surface area contributed by atoms with Gasteiger partial charge in [0.2, 0.25) is 5.91 Å². The summed E-state index contributed by atoms with van der Waals surface area (Å²) in [6, 6.07) is 12.8. The van der Waals surface area contributed by atoms with Crippen molar-refractivity contribution in [2.75, 3.05) is 36.0 Å². The van der Waals surface area contributed by atoms with Crippen LogP contribution in [0.5, 0.6) is 0 Å². The second-order valence-corrected chi connectivity index (χ2v) is 9.42. The Hall–Kier alpha value is -2.80. The van der Waals surface area contributed by atoms with E-state index in [9.17, 15) is 14.9 Å². The van der Waals surface area contributed by atoms with Gasteiger partial charge in [0.15, 0.2) is 0 Å². The molecule has 2 atom stereocenters. The molecule has 8 heteroatoms. The lowest BCUT2D eigenvalue weighted by Gasteiger charge is -2.49. The minimum Gasteiger partial charge on any atom is -0.366 e. The predicted octanol–water partition coefficient (Wildman–Crippen LogP) is 4.28. The van der Waals surface area contributed by atoms with E-state index in [1.807, 2.05) is 30.3 Å². The van der Waals surface area contributed by atoms with Crippen molar-refractivity contribution in [2.45, 2.75) is 32.7 Å². The molecule has 4 rings (SSSR count). The molecule has 2 unspecified atom stereocenters. The van der Waals surface area contributed by atoms with Gasteiger partial charge < -0.3 is 15.1 Å². The van der Waals surface area contributed by atoms with Crippen molar-refractivity contribution < 1.29 is 9.72 Å². The molecule has 2 aromatic rings. The summed E-state index contributed by atoms with van der Waals surface area (Å²) < 4.78 is 0. The van der Waals surface area contributed by atoms with Crippen LogP contribution in [0.4, 0.5) is 17.1 Å². The number of fused-ring (bicyclic) bond motifs is 3. The Morgan fingerprint density at radius 1 is 1.22 bits per heavy atom. The Labute approximate surface area is 193 Å². The normalized spacial score (nSPS) is 20.0. The van der Waals surface area contributed by atoms with Gasteiger partial charge in [-0.25, -0.2) is 0 Å². The largest absolute Gasteiger partial charge is 0.366 e. The molecular formula is C24H29ClN4O3. The number of nitrogens with one attached hydrogen (secondary N) is 1. The van der Waals surface area contributed by atoms with Crippen LogP contribution in [0.15, 0.2) is 42.5 Å². The van der Waals surface area contributed by atoms with Crippen LogP contribution in [0, 0.1) is 22.0 Å². The van der Waals surface area contributed by atoms with Gasteiger partial charge in [-0.05, 0) is 42.5 Å². The Bertz CT molecular complexity index is 1010. The molecule has 0 radical (unpaired) electrons. The number of anilines is 2. The van der Waals surface area contributed by atoms with Gasteiger partial charge >= 0.3 is 0 Å². The fraction of sp³-hybridized carbons (Fsp3) is 0.458. The van der Waals surface area contributed by atoms with Gasteiger partial charge in [-0.3, -0.25) is 14.9 Å². The van der Waals surface area contributed by atoms with Crippen LogP contribution in [0.1, 0.15) is 25.8 Å². The van der Waals surface area contributed by atoms with E-state index in [1.165, 1.54) is 0 Å². The number of para-hydroxylation sites is 1. The molecule has 32 heavy (non-hydrogen) atoms. The van der Waals surface area contributed by atoms with Crippen molar-refractivity contribution >= 4 is 34.6 Å². The number of carbonyl (C=O) groups excluding carboxylic acids is 1. The Kier molecular flexibility index (Phi) is 6.55. The van der Waals surface area contributed by atoms with Crippen LogP contribution in [-0.2, 0) is 11.2 Å². The highest BCUT2D eigenvalue weighted by molar-refractivity contribution is 6.33. The number of carbonyl (C=O) groups is 1. The zero-order valence-corrected chi connectivity index (χ0v) is 19.2. The molecular weight excluding hydrogens is 428 g/mol. The lowest BCUT2D eigenvalue weighted by atomic mass is 9.83. The summed E-state index contributed by atoms with van der Waals surface area (Å²) in [7, 11) is 0. The standard InChI is InChI=1S/C24H29ClN4O3/c1-16(2)9-10-26-24(30)19-14-17-13-18(29(31)32)7-8-21(17)28-12-11-27(15-23(19)28)22-6-4-3-5-20(22)25/h3-8,13,16,19,23H,9-12,14-15H2,1-2H3,(H,26,30). The third-order valence-corrected chi connectivity index (χ3v) is 6.78. The fourth-order valence-electron chi connectivity index (χ4n) is 4.77. The van der Waals surface area contributed by atoms with E-state index in [1.54, 1.807) is 12.1 Å². The lowest BCUT2D eigenvalue weighted by molar-refractivity contribution is -0.384. The first-order chi connectivity index (χ1) is 15.3. The molecule has 1 saturated heterocycles. The van der Waals surface area contributed by atoms with E-state index in [-0.39, 0.29) is 28.5 Å². The summed E-state index contributed by atoms with van der Waals surface area (Å²) in [5, 5.41) is 15.1. The van der Waals surface area contributed by atoms with Crippen LogP contribution in [0.2, 0.25) is 5.02 Å². The number of nitro benzene ring substituents is 1. The third kappa shape index (κ3) is 4.53. The predicted molar refractivity (Wildman–Crippen MR) is 128 cm³/mol. The lowest BCUT2D eigenvalue weighted by Crippen LogP contribution is -2.61. The Morgan fingerprint density at radius 2 is 2.00 bits per heavy atom. The van der Waals surface area contributed by atoms with Crippen LogP contribution >= 0.6 is 11.6 Å². The number of non-ortho nitro benzene ring substituents is 1. The van der Waals surface area contributed by atoms with Gasteiger partial charge in [0, 0.05) is 44.0 Å². The average Bonchev–Trinajstić information content (AvgIpc) is 2.77. The number of hydrogen-bond acceptors (Lipinski definition) is 5. The average molecular weight is 457 g/mol. The van der Waals surface area contributed by atoms with Crippen molar-refractivity contribution in [2.24, 2.45) is 11.8 Å². The molecule has 0 aliphatic carbocycles. The molecule has 1 N–H and O–H groups in total. The summed E-state index contributed by atoms with van der Waals surface area (Å²) in [5.41, 5.74) is 2.90. The van der Waals surface area contributed by atoms with Gasteiger partial charge in [0.05, 0.1) is 27.6 Å². The minimum atomic E-state index is -0.376. The first-order valence-electron chi connectivity index (χ1n) is 11.2. The molecule has 1 amide bonds. The third-order valence-electron chi connectivity index (χ3n) is 6.46. The maximum atomic E-state index is 13.3. The smallest absolute Gasteiger partial charge is 0.269 e. The topological polar surface area (TPSA) is 78.7 Å². The van der Waals surface area contributed by atoms with E-state index in [0.717, 1.165) is 36.4 Å². The zero-order chi connectivity index (χ0) is 22.8. The molecule has 2 aliphatic rings. The molecule has 0 saturated carbocycles. The quantitative estimate of drug-likeness (QED) is 0.518. The molecule has 170 valence electrons. The van der Waals surface area contributed by atoms with Crippen molar-refractivity contribution in [3.63, 3.8) is 0 Å². The van der Waals surface area contributed by atoms with Gasteiger partial charge in [0.25, 0.3) is 5.69 Å². The number of nitro groups is 1. The van der Waals surface area contributed by atoms with Crippen LogP contribution < -0.4 is 15.1 Å². The summed E-state index contributed by atoms with van der Waals surface area (Å²) in [4.78, 5) is 28.7. The van der Waals surface area contributed by atoms with Gasteiger partial charge in [-0.2, -0.15) is 0 Å². The molecule has 2 aromatic carbocycles. The number of rotatable bonds is 6. The van der Waals surface area contributed by atoms with Crippen LogP contribution in [-0.4, -0.2) is 43.1 Å². The Morgan fingerprint density at radius 3 is 2.72 bits per heavy atom. The number of nitrogens with zero attached hydrogens (tertiary/aromatic N) is 3. The minimum absolute atomic E-state index is 0.0128. The van der Waals surface area contributed by atoms with E-state index < -0.39 is 0 Å². The second-order valence-electron chi connectivity index (χ2n) is 9.01. The van der Waals surface area contributed by atoms with Gasteiger partial charge in [-0.15, -0.1) is 0 Å². The van der Waals surface area contributed by atoms with Crippen molar-refractivity contribution in [1.82, 2.24) is 5.32 Å². The molecule has 0 bridgehead atoms. The maximum absolute atomic E-state index is 13.3. The number of hydrogen-bond donors (Lipinski definition) is 1. The molecule has 2 heterocycles. The van der Waals surface area contributed by atoms with Crippen LogP contribution in [0.3, 0.4) is 0 Å². The first kappa shape index (κ1) is 22.4. The summed E-state index contributed by atoms with van der Waals surface area (Å²) >= 11 is 6.46. The van der Waals surface area contributed by atoms with E-state index in [2.05, 4.69) is 29.0 Å². The zero-order valence-electron chi connectivity index (χ0n) is 18.5. The van der Waals surface area contributed by atoms with Crippen LogP contribution in [0.25, 0.3) is 0 Å². The van der Waals surface area contributed by atoms with Crippen molar-refractivity contribution in [1.29, 1.82) is 0 Å². The summed E-state index contributed by atoms with van der Waals surface area (Å²) in [5.74, 6) is 0.229. The highest BCUT2D eigenvalue weighted by Gasteiger charge is 2.42. The number of amides is 1. The van der Waals surface area contributed by atoms with Gasteiger partial charge in [0.1, 0.15) is 0 Å². The maximum Gasteiger partial charge on any atom is 0.269 e. The highest BCUT2D eigenvalue weighted by Crippen LogP contribution is 2.39. The van der Waals surface area contributed by atoms with E-state index in [0.29, 0.717) is 30.5 Å². The fourth-order valence-corrected chi connectivity index (χ4v) is 5.02. The summed E-state index contributed by atoms with van der Waals surface area (Å²) in [6.07, 6.45) is 1.41. The summed E-state index contributed by atoms with van der Waals surface area (Å²) in [6.45, 7) is 7.05. The highest BCUT2D eigenvalue weighted by atomic mass is 35.5. The van der Waals surface area contributed by atoms with Crippen molar-refractivity contribution in [3.8, 4) is 0 Å². The van der Waals surface area contributed by atoms with Gasteiger partial charge in [-0.1, -0.05) is 37.6 Å². The second kappa shape index (κ2) is 9.36. The molecule has 7 nitrogen and oxygen atoms in total. The SMILES string of the molecule is CC(C)CCNC(=O)C1Cc2cc([N+](=O)[O-])ccc2N2CCN(c3ccccc3Cl)CC12. The molecule has 0 aromatic heterocycles. The molecule has 1 fully saturated rings. The van der Waals surface area contributed by atoms with E-state index >= 15 is 0 Å². The number of halogens is 1. The first-order valence-corrected chi connectivity index (χ1v) is 11.5. The molecule has 2 aliphatic heterocycles. The number of piperazine rings is 1. The van der Waals surface area contributed by atoms with Crippen molar-refractivity contribution in [3.05, 3.63) is 63.2 Å². The monoisotopic (exact) mass is 456 g/mol. The van der Waals surface area contributed by atoms with E-state index in [4.69, 9.17) is 11.6 Å². The number of benzene rings is 2. The molecule has 0 spiro atoms. The Balaban J connectivity index is 1.64.